The standard InChI is InChI=1S/C28H20BClF3N7/c29-28(16-1-3-17(31)4-2-16,24-13-40(14-37-24)20-5-6-20)39-18-7-21-25(38-19-9-23(32)27(33)36-12-19)15(10-34)11-35-26(21)22(30)8-18/h1-4,7-9,11-14,20,39H,5-6,29H2,(H,35,38). The summed E-state index contributed by atoms with van der Waals surface area (Å²) in [5.74, 6) is -2.73. The predicted octanol–water partition coefficient (Wildman–Crippen LogP) is 5.79. The number of aromatic nitrogens is 4. The molecule has 0 saturated heterocycles. The number of hydrogen-bond donors (Lipinski definition) is 2. The Morgan fingerprint density at radius 2 is 1.80 bits per heavy atom. The van der Waals surface area contributed by atoms with E-state index in [0.29, 0.717) is 33.3 Å². The first-order valence-electron chi connectivity index (χ1n) is 12.4. The second-order valence-electron chi connectivity index (χ2n) is 9.83. The van der Waals surface area contributed by atoms with Gasteiger partial charge in [-0.25, -0.2) is 18.7 Å². The van der Waals surface area contributed by atoms with E-state index >= 15 is 0 Å². The van der Waals surface area contributed by atoms with Crippen LogP contribution < -0.4 is 10.6 Å². The minimum atomic E-state index is -1.23. The zero-order chi connectivity index (χ0) is 28.0. The number of nitrogens with zero attached hydrogens (tertiary/aromatic N) is 5. The van der Waals surface area contributed by atoms with Crippen molar-refractivity contribution in [3.05, 3.63) is 107 Å². The van der Waals surface area contributed by atoms with Crippen LogP contribution >= 0.6 is 11.6 Å². The quantitative estimate of drug-likeness (QED) is 0.194. The first kappa shape index (κ1) is 25.7. The summed E-state index contributed by atoms with van der Waals surface area (Å²) < 4.78 is 43.2. The maximum atomic E-state index is 13.9. The molecule has 5 aromatic rings. The second-order valence-corrected chi connectivity index (χ2v) is 10.2. The average molecular weight is 558 g/mol. The summed E-state index contributed by atoms with van der Waals surface area (Å²) >= 11 is 6.67. The molecule has 0 radical (unpaired) electrons. The van der Waals surface area contributed by atoms with Crippen LogP contribution in [0.15, 0.2) is 67.4 Å². The van der Waals surface area contributed by atoms with Crippen LogP contribution in [-0.2, 0) is 5.44 Å². The lowest BCUT2D eigenvalue weighted by Gasteiger charge is -2.32. The van der Waals surface area contributed by atoms with Crippen LogP contribution in [0.1, 0.15) is 35.7 Å². The fraction of sp³-hybridized carbons (Fsp3) is 0.143. The van der Waals surface area contributed by atoms with E-state index in [4.69, 9.17) is 11.6 Å². The van der Waals surface area contributed by atoms with Crippen LogP contribution in [0.2, 0.25) is 5.02 Å². The molecule has 2 N–H and O–H groups in total. The minimum Gasteiger partial charge on any atom is -0.378 e. The van der Waals surface area contributed by atoms with Crippen LogP contribution in [0, 0.1) is 28.9 Å². The van der Waals surface area contributed by atoms with Crippen LogP contribution in [0.4, 0.5) is 30.2 Å². The first-order valence-corrected chi connectivity index (χ1v) is 12.8. The van der Waals surface area contributed by atoms with Crippen molar-refractivity contribution in [2.45, 2.75) is 24.3 Å². The van der Waals surface area contributed by atoms with Gasteiger partial charge >= 0.3 is 0 Å². The third-order valence-electron chi connectivity index (χ3n) is 7.01. The fourth-order valence-electron chi connectivity index (χ4n) is 4.71. The SMILES string of the molecule is BC(Nc1cc(Cl)c2ncc(C#N)c(Nc3cnc(F)c(F)c3)c2c1)(c1ccc(F)cc1)c1cn(C2CC2)cn1. The van der Waals surface area contributed by atoms with E-state index in [0.717, 1.165) is 36.4 Å². The Hall–Kier alpha value is -4.56. The molecule has 1 atom stereocenters. The van der Waals surface area contributed by atoms with Crippen LogP contribution in [-0.4, -0.2) is 27.4 Å². The molecule has 7 nitrogen and oxygen atoms in total. The first-order chi connectivity index (χ1) is 19.2. The van der Waals surface area contributed by atoms with E-state index < -0.39 is 17.2 Å². The summed E-state index contributed by atoms with van der Waals surface area (Å²) in [6.07, 6.45) is 8.43. The van der Waals surface area contributed by atoms with Gasteiger partial charge in [-0.3, -0.25) is 4.98 Å². The van der Waals surface area contributed by atoms with Gasteiger partial charge in [0.15, 0.2) is 5.82 Å². The van der Waals surface area contributed by atoms with Crippen molar-refractivity contribution < 1.29 is 13.2 Å². The molecule has 0 aliphatic heterocycles. The smallest absolute Gasteiger partial charge is 0.249 e. The van der Waals surface area contributed by atoms with Crippen LogP contribution in [0.3, 0.4) is 0 Å². The molecule has 1 unspecified atom stereocenters. The Labute approximate surface area is 233 Å². The molecule has 0 bridgehead atoms. The molecule has 1 saturated carbocycles. The number of fused-ring (bicyclic) bond motifs is 1. The van der Waals surface area contributed by atoms with Gasteiger partial charge in [-0.05, 0) is 42.7 Å². The molecule has 2 aromatic carbocycles. The van der Waals surface area contributed by atoms with Crippen molar-refractivity contribution in [3.8, 4) is 6.07 Å². The van der Waals surface area contributed by atoms with Crippen LogP contribution in [0.5, 0.6) is 0 Å². The Bertz CT molecular complexity index is 1800. The van der Waals surface area contributed by atoms with Gasteiger partial charge in [0.2, 0.25) is 5.95 Å². The molecule has 0 amide bonds. The average Bonchev–Trinajstić information content (AvgIpc) is 3.67. The fourth-order valence-corrected chi connectivity index (χ4v) is 4.98. The van der Waals surface area contributed by atoms with E-state index in [2.05, 4.69) is 36.2 Å². The Kier molecular flexibility index (Phi) is 6.35. The van der Waals surface area contributed by atoms with Gasteiger partial charge in [0.05, 0.1) is 51.1 Å². The van der Waals surface area contributed by atoms with Crippen molar-refractivity contribution in [2.75, 3.05) is 10.6 Å². The van der Waals surface area contributed by atoms with Gasteiger partial charge in [0.1, 0.15) is 19.7 Å². The molecule has 3 heterocycles. The van der Waals surface area contributed by atoms with Gasteiger partial charge in [-0.1, -0.05) is 23.7 Å². The summed E-state index contributed by atoms with van der Waals surface area (Å²) in [6.45, 7) is 0. The molecule has 1 aliphatic rings. The van der Waals surface area contributed by atoms with Gasteiger partial charge in [-0.2, -0.15) is 9.65 Å². The second kappa shape index (κ2) is 9.88. The number of benzene rings is 2. The number of nitriles is 1. The monoisotopic (exact) mass is 557 g/mol. The van der Waals surface area contributed by atoms with E-state index in [1.54, 1.807) is 30.6 Å². The van der Waals surface area contributed by atoms with E-state index in [-0.39, 0.29) is 17.1 Å². The zero-order valence-electron chi connectivity index (χ0n) is 21.1. The third-order valence-corrected chi connectivity index (χ3v) is 7.30. The highest BCUT2D eigenvalue weighted by molar-refractivity contribution is 6.36. The molecule has 1 aliphatic carbocycles. The largest absolute Gasteiger partial charge is 0.378 e. The highest BCUT2D eigenvalue weighted by atomic mass is 35.5. The van der Waals surface area contributed by atoms with Crippen molar-refractivity contribution in [1.82, 2.24) is 19.5 Å². The van der Waals surface area contributed by atoms with Gasteiger partial charge < -0.3 is 15.2 Å². The number of rotatable bonds is 7. The molecular formula is C28H20BClF3N7. The maximum absolute atomic E-state index is 13.9. The number of anilines is 3. The van der Waals surface area contributed by atoms with Gasteiger partial charge in [0, 0.05) is 35.6 Å². The summed E-state index contributed by atoms with van der Waals surface area (Å²) in [7, 11) is 1.94. The highest BCUT2D eigenvalue weighted by Gasteiger charge is 2.33. The lowest BCUT2D eigenvalue weighted by molar-refractivity contribution is 0.480. The molecule has 40 heavy (non-hydrogen) atoms. The zero-order valence-corrected chi connectivity index (χ0v) is 21.8. The highest BCUT2D eigenvalue weighted by Crippen LogP contribution is 2.39. The number of hydrogen-bond acceptors (Lipinski definition) is 6. The number of nitrogens with one attached hydrogen (secondary N) is 2. The summed E-state index contributed by atoms with van der Waals surface area (Å²) in [6, 6.07) is 13.1. The van der Waals surface area contributed by atoms with Crippen molar-refractivity contribution in [2.24, 2.45) is 0 Å². The summed E-state index contributed by atoms with van der Waals surface area (Å²) in [4.78, 5) is 12.4. The molecule has 1 fully saturated rings. The Morgan fingerprint density at radius 1 is 1.02 bits per heavy atom. The molecule has 6 rings (SSSR count). The van der Waals surface area contributed by atoms with Crippen LogP contribution in [0.25, 0.3) is 10.9 Å². The lowest BCUT2D eigenvalue weighted by Crippen LogP contribution is -2.37. The number of halogens is 4. The van der Waals surface area contributed by atoms with E-state index in [9.17, 15) is 18.4 Å². The normalized spacial score (nSPS) is 14.5. The van der Waals surface area contributed by atoms with E-state index in [1.807, 2.05) is 14.0 Å². The predicted molar refractivity (Wildman–Crippen MR) is 149 cm³/mol. The molecule has 0 spiro atoms. The maximum Gasteiger partial charge on any atom is 0.249 e. The summed E-state index contributed by atoms with van der Waals surface area (Å²) in [5.41, 5.74) is 2.14. The minimum absolute atomic E-state index is 0.138. The van der Waals surface area contributed by atoms with Gasteiger partial charge in [0.25, 0.3) is 0 Å². The van der Waals surface area contributed by atoms with Crippen molar-refractivity contribution in [3.63, 3.8) is 0 Å². The molecular weight excluding hydrogens is 538 g/mol. The molecule has 198 valence electrons. The number of pyridine rings is 2. The van der Waals surface area contributed by atoms with Crippen molar-refractivity contribution in [1.29, 1.82) is 5.26 Å². The number of imidazole rings is 1. The van der Waals surface area contributed by atoms with Crippen molar-refractivity contribution >= 4 is 47.4 Å². The third kappa shape index (κ3) is 4.71. The Morgan fingerprint density at radius 3 is 2.50 bits per heavy atom. The molecule has 12 heteroatoms. The molecule has 3 aromatic heterocycles. The summed E-state index contributed by atoms with van der Waals surface area (Å²) in [5, 5.41) is 17.0. The lowest BCUT2D eigenvalue weighted by atomic mass is 9.69. The Balaban J connectivity index is 1.47. The van der Waals surface area contributed by atoms with E-state index in [1.165, 1.54) is 18.3 Å². The topological polar surface area (TPSA) is 91.5 Å². The van der Waals surface area contributed by atoms with Gasteiger partial charge in [-0.15, -0.1) is 0 Å².